The SMILES string of the molecule is CCOC(=O)C1CNCC1(CC)c1ccc(CC)cc1. The number of rotatable bonds is 5. The number of carbonyl (C=O) groups excluding carboxylic acids is 1. The summed E-state index contributed by atoms with van der Waals surface area (Å²) in [6, 6.07) is 8.71. The van der Waals surface area contributed by atoms with Crippen LogP contribution < -0.4 is 5.32 Å². The fourth-order valence-electron chi connectivity index (χ4n) is 3.26. The lowest BCUT2D eigenvalue weighted by Gasteiger charge is -2.33. The zero-order valence-corrected chi connectivity index (χ0v) is 12.7. The predicted molar refractivity (Wildman–Crippen MR) is 80.8 cm³/mol. The molecule has 1 saturated heterocycles. The molecule has 0 aliphatic carbocycles. The van der Waals surface area contributed by atoms with Gasteiger partial charge in [0, 0.05) is 18.5 Å². The van der Waals surface area contributed by atoms with Crippen LogP contribution in [0.5, 0.6) is 0 Å². The van der Waals surface area contributed by atoms with Gasteiger partial charge in [-0.1, -0.05) is 38.1 Å². The molecule has 1 heterocycles. The Kier molecular flexibility index (Phi) is 4.81. The largest absolute Gasteiger partial charge is 0.466 e. The number of hydrogen-bond donors (Lipinski definition) is 1. The Bertz CT molecular complexity index is 455. The van der Waals surface area contributed by atoms with Crippen LogP contribution in [0.3, 0.4) is 0 Å². The van der Waals surface area contributed by atoms with Crippen LogP contribution in [0.25, 0.3) is 0 Å². The lowest BCUT2D eigenvalue weighted by atomic mass is 9.70. The Hall–Kier alpha value is -1.35. The van der Waals surface area contributed by atoms with Crippen molar-refractivity contribution in [3.05, 3.63) is 35.4 Å². The lowest BCUT2D eigenvalue weighted by molar-refractivity contribution is -0.149. The van der Waals surface area contributed by atoms with Crippen LogP contribution in [0.4, 0.5) is 0 Å². The van der Waals surface area contributed by atoms with E-state index in [4.69, 9.17) is 4.74 Å². The van der Waals surface area contributed by atoms with Gasteiger partial charge in [-0.15, -0.1) is 0 Å². The molecule has 2 unspecified atom stereocenters. The summed E-state index contributed by atoms with van der Waals surface area (Å²) in [5.41, 5.74) is 2.46. The molecule has 1 aromatic carbocycles. The summed E-state index contributed by atoms with van der Waals surface area (Å²) < 4.78 is 5.27. The molecule has 0 spiro atoms. The van der Waals surface area contributed by atoms with Gasteiger partial charge in [-0.05, 0) is 30.9 Å². The summed E-state index contributed by atoms with van der Waals surface area (Å²) in [6.07, 6.45) is 1.98. The van der Waals surface area contributed by atoms with Crippen LogP contribution in [0.1, 0.15) is 38.3 Å². The molecule has 1 N–H and O–H groups in total. The van der Waals surface area contributed by atoms with Crippen LogP contribution in [-0.4, -0.2) is 25.7 Å². The van der Waals surface area contributed by atoms with Gasteiger partial charge in [0.25, 0.3) is 0 Å². The summed E-state index contributed by atoms with van der Waals surface area (Å²) >= 11 is 0. The molecular formula is C17H25NO2. The van der Waals surface area contributed by atoms with Crippen LogP contribution in [0.15, 0.2) is 24.3 Å². The normalized spacial score (nSPS) is 25.6. The van der Waals surface area contributed by atoms with Crippen LogP contribution in [0, 0.1) is 5.92 Å². The topological polar surface area (TPSA) is 38.3 Å². The zero-order valence-electron chi connectivity index (χ0n) is 12.7. The standard InChI is InChI=1S/C17H25NO2/c1-4-13-7-9-14(10-8-13)17(5-2)12-18-11-15(17)16(19)20-6-3/h7-10,15,18H,4-6,11-12H2,1-3H3. The van der Waals surface area contributed by atoms with E-state index in [1.165, 1.54) is 11.1 Å². The molecule has 1 aliphatic heterocycles. The number of carbonyl (C=O) groups is 1. The molecule has 3 nitrogen and oxygen atoms in total. The van der Waals surface area contributed by atoms with Crippen LogP contribution >= 0.6 is 0 Å². The molecule has 110 valence electrons. The quantitative estimate of drug-likeness (QED) is 0.840. The average Bonchev–Trinajstić information content (AvgIpc) is 2.93. The van der Waals surface area contributed by atoms with Crippen molar-refractivity contribution in [2.45, 2.75) is 39.0 Å². The average molecular weight is 275 g/mol. The molecule has 2 rings (SSSR count). The van der Waals surface area contributed by atoms with E-state index in [0.29, 0.717) is 13.2 Å². The van der Waals surface area contributed by atoms with Gasteiger partial charge in [0.1, 0.15) is 0 Å². The Labute approximate surface area is 121 Å². The highest BCUT2D eigenvalue weighted by molar-refractivity contribution is 5.75. The first-order valence-corrected chi connectivity index (χ1v) is 7.64. The molecule has 0 saturated carbocycles. The minimum Gasteiger partial charge on any atom is -0.466 e. The van der Waals surface area contributed by atoms with Gasteiger partial charge >= 0.3 is 5.97 Å². The van der Waals surface area contributed by atoms with Crippen molar-refractivity contribution in [1.82, 2.24) is 5.32 Å². The monoisotopic (exact) mass is 275 g/mol. The molecule has 0 aromatic heterocycles. The highest BCUT2D eigenvalue weighted by atomic mass is 16.5. The third kappa shape index (κ3) is 2.59. The number of benzene rings is 1. The van der Waals surface area contributed by atoms with Crippen molar-refractivity contribution in [1.29, 1.82) is 0 Å². The minimum absolute atomic E-state index is 0.0704. The number of ether oxygens (including phenoxy) is 1. The lowest BCUT2D eigenvalue weighted by Crippen LogP contribution is -2.39. The van der Waals surface area contributed by atoms with E-state index >= 15 is 0 Å². The number of esters is 1. The molecule has 1 aliphatic rings. The molecule has 1 fully saturated rings. The second kappa shape index (κ2) is 6.40. The Morgan fingerprint density at radius 2 is 2.00 bits per heavy atom. The van der Waals surface area contributed by atoms with Gasteiger partial charge in [-0.2, -0.15) is 0 Å². The molecule has 2 atom stereocenters. The maximum absolute atomic E-state index is 12.3. The van der Waals surface area contributed by atoms with Gasteiger partial charge in [0.2, 0.25) is 0 Å². The van der Waals surface area contributed by atoms with Crippen molar-refractivity contribution in [2.24, 2.45) is 5.92 Å². The van der Waals surface area contributed by atoms with Crippen molar-refractivity contribution >= 4 is 5.97 Å². The Morgan fingerprint density at radius 1 is 1.30 bits per heavy atom. The maximum Gasteiger partial charge on any atom is 0.311 e. The summed E-state index contributed by atoms with van der Waals surface area (Å²) in [6.45, 7) is 8.19. The first-order chi connectivity index (χ1) is 9.67. The first kappa shape index (κ1) is 15.0. The minimum atomic E-state index is -0.126. The van der Waals surface area contributed by atoms with E-state index in [9.17, 15) is 4.79 Å². The molecule has 1 aromatic rings. The highest BCUT2D eigenvalue weighted by Crippen LogP contribution is 2.39. The summed E-state index contributed by atoms with van der Waals surface area (Å²) in [7, 11) is 0. The van der Waals surface area contributed by atoms with Crippen molar-refractivity contribution in [2.75, 3.05) is 19.7 Å². The summed E-state index contributed by atoms with van der Waals surface area (Å²) in [5.74, 6) is -0.154. The van der Waals surface area contributed by atoms with Gasteiger partial charge in [-0.3, -0.25) is 4.79 Å². The third-order valence-corrected chi connectivity index (χ3v) is 4.60. The van der Waals surface area contributed by atoms with Gasteiger partial charge in [0.05, 0.1) is 12.5 Å². The summed E-state index contributed by atoms with van der Waals surface area (Å²) in [4.78, 5) is 12.3. The second-order valence-electron chi connectivity index (χ2n) is 5.50. The molecule has 3 heteroatoms. The first-order valence-electron chi connectivity index (χ1n) is 7.64. The van der Waals surface area contributed by atoms with Crippen molar-refractivity contribution in [3.8, 4) is 0 Å². The fourth-order valence-corrected chi connectivity index (χ4v) is 3.26. The number of nitrogens with one attached hydrogen (secondary N) is 1. The molecular weight excluding hydrogens is 250 g/mol. The molecule has 20 heavy (non-hydrogen) atoms. The van der Waals surface area contributed by atoms with E-state index in [1.807, 2.05) is 6.92 Å². The van der Waals surface area contributed by atoms with Crippen molar-refractivity contribution in [3.63, 3.8) is 0 Å². The van der Waals surface area contributed by atoms with Gasteiger partial charge in [0.15, 0.2) is 0 Å². The van der Waals surface area contributed by atoms with E-state index in [-0.39, 0.29) is 17.3 Å². The van der Waals surface area contributed by atoms with Gasteiger partial charge in [-0.25, -0.2) is 0 Å². The van der Waals surface area contributed by atoms with Gasteiger partial charge < -0.3 is 10.1 Å². The molecule has 0 bridgehead atoms. The molecule has 0 radical (unpaired) electrons. The highest BCUT2D eigenvalue weighted by Gasteiger charge is 2.47. The number of aryl methyl sites for hydroxylation is 1. The van der Waals surface area contributed by atoms with E-state index in [0.717, 1.165) is 19.4 Å². The van der Waals surface area contributed by atoms with E-state index < -0.39 is 0 Å². The maximum atomic E-state index is 12.3. The summed E-state index contributed by atoms with van der Waals surface area (Å²) in [5, 5.41) is 3.38. The van der Waals surface area contributed by atoms with E-state index in [2.05, 4.69) is 43.4 Å². The smallest absolute Gasteiger partial charge is 0.311 e. The fraction of sp³-hybridized carbons (Fsp3) is 0.588. The Balaban J connectivity index is 2.33. The number of hydrogen-bond acceptors (Lipinski definition) is 3. The van der Waals surface area contributed by atoms with Crippen molar-refractivity contribution < 1.29 is 9.53 Å². The zero-order chi connectivity index (χ0) is 14.6. The third-order valence-electron chi connectivity index (χ3n) is 4.60. The van der Waals surface area contributed by atoms with Crippen LogP contribution in [0.2, 0.25) is 0 Å². The van der Waals surface area contributed by atoms with Crippen LogP contribution in [-0.2, 0) is 21.4 Å². The predicted octanol–water partition coefficient (Wildman–Crippen LogP) is 2.68. The Morgan fingerprint density at radius 3 is 2.55 bits per heavy atom. The molecule has 0 amide bonds. The second-order valence-corrected chi connectivity index (χ2v) is 5.50. The van der Waals surface area contributed by atoms with E-state index in [1.54, 1.807) is 0 Å².